The minimum Gasteiger partial charge on any atom is -0.310 e. The number of nitrogens with one attached hydrogen (secondary N) is 1. The van der Waals surface area contributed by atoms with Gasteiger partial charge in [-0.1, -0.05) is 0 Å². The summed E-state index contributed by atoms with van der Waals surface area (Å²) in [7, 11) is 0. The molecule has 0 radical (unpaired) electrons. The van der Waals surface area contributed by atoms with Gasteiger partial charge in [-0.15, -0.1) is 0 Å². The number of amides is 1. The molecule has 1 amide bonds. The van der Waals surface area contributed by atoms with Crippen LogP contribution >= 0.6 is 0 Å². The Balaban J connectivity index is 1.58. The van der Waals surface area contributed by atoms with Crippen molar-refractivity contribution in [2.75, 3.05) is 5.32 Å². The summed E-state index contributed by atoms with van der Waals surface area (Å²) in [5, 5.41) is 2.88. The molecule has 0 saturated heterocycles. The van der Waals surface area contributed by atoms with Crippen molar-refractivity contribution in [3.05, 3.63) is 23.9 Å². The van der Waals surface area contributed by atoms with E-state index in [1.807, 2.05) is 19.1 Å². The van der Waals surface area contributed by atoms with Crippen molar-refractivity contribution in [1.29, 1.82) is 0 Å². The molecular formula is C18H22N2O2. The van der Waals surface area contributed by atoms with Gasteiger partial charge in [-0.05, 0) is 74.5 Å². The van der Waals surface area contributed by atoms with Crippen molar-refractivity contribution in [2.45, 2.75) is 39.0 Å². The number of hydrogen-bond acceptors (Lipinski definition) is 3. The number of Topliss-reactive ketones (excluding diaryl/α,β-unsaturated/α-hetero) is 1. The maximum Gasteiger partial charge on any atom is 0.236 e. The van der Waals surface area contributed by atoms with Gasteiger partial charge in [0.05, 0.1) is 5.92 Å². The first-order valence-electron chi connectivity index (χ1n) is 8.37. The van der Waals surface area contributed by atoms with E-state index in [1.54, 1.807) is 6.20 Å². The SMILES string of the molecule is Cc1ccnc(NC(=O)C2C(=O)C3CC4CC(C3)CC2C4)c1. The number of aryl methyl sites for hydroxylation is 1. The quantitative estimate of drug-likeness (QED) is 0.854. The second kappa shape index (κ2) is 5.18. The molecule has 5 rings (SSSR count). The monoisotopic (exact) mass is 298 g/mol. The van der Waals surface area contributed by atoms with E-state index < -0.39 is 5.92 Å². The van der Waals surface area contributed by atoms with E-state index in [2.05, 4.69) is 10.3 Å². The Morgan fingerprint density at radius 1 is 1.18 bits per heavy atom. The van der Waals surface area contributed by atoms with Crippen LogP contribution in [0.2, 0.25) is 0 Å². The van der Waals surface area contributed by atoms with Gasteiger partial charge in [0.2, 0.25) is 5.91 Å². The van der Waals surface area contributed by atoms with E-state index in [4.69, 9.17) is 0 Å². The normalized spacial score (nSPS) is 36.2. The predicted octanol–water partition coefficient (Wildman–Crippen LogP) is 2.97. The summed E-state index contributed by atoms with van der Waals surface area (Å²) < 4.78 is 0. The number of rotatable bonds is 2. The lowest BCUT2D eigenvalue weighted by Crippen LogP contribution is -2.36. The summed E-state index contributed by atoms with van der Waals surface area (Å²) in [5.41, 5.74) is 1.05. The topological polar surface area (TPSA) is 59.1 Å². The van der Waals surface area contributed by atoms with Crippen LogP contribution in [0.1, 0.15) is 37.7 Å². The highest BCUT2D eigenvalue weighted by molar-refractivity contribution is 6.08. The Bertz CT molecular complexity index is 613. The fourth-order valence-corrected chi connectivity index (χ4v) is 5.04. The number of ketones is 1. The van der Waals surface area contributed by atoms with Crippen molar-refractivity contribution < 1.29 is 9.59 Å². The Labute approximate surface area is 130 Å². The number of carbonyl (C=O) groups is 2. The molecule has 4 bridgehead atoms. The van der Waals surface area contributed by atoms with Crippen LogP contribution in [0.5, 0.6) is 0 Å². The number of pyridine rings is 1. The van der Waals surface area contributed by atoms with Crippen molar-refractivity contribution in [2.24, 2.45) is 29.6 Å². The highest BCUT2D eigenvalue weighted by atomic mass is 16.2. The number of aromatic nitrogens is 1. The molecule has 0 aliphatic heterocycles. The van der Waals surface area contributed by atoms with E-state index in [9.17, 15) is 9.59 Å². The molecule has 4 nitrogen and oxygen atoms in total. The molecule has 0 spiro atoms. The number of hydrogen-bond donors (Lipinski definition) is 1. The molecule has 22 heavy (non-hydrogen) atoms. The number of fused-ring (bicyclic) bond motifs is 1. The van der Waals surface area contributed by atoms with E-state index in [1.165, 1.54) is 6.42 Å². The van der Waals surface area contributed by atoms with Gasteiger partial charge in [0.1, 0.15) is 11.6 Å². The van der Waals surface area contributed by atoms with Gasteiger partial charge >= 0.3 is 0 Å². The first-order chi connectivity index (χ1) is 10.6. The molecule has 1 aromatic rings. The summed E-state index contributed by atoms with van der Waals surface area (Å²) in [6, 6.07) is 3.75. The molecular weight excluding hydrogens is 276 g/mol. The highest BCUT2D eigenvalue weighted by Gasteiger charge is 2.50. The molecule has 1 aromatic heterocycles. The first-order valence-corrected chi connectivity index (χ1v) is 8.37. The minimum absolute atomic E-state index is 0.123. The summed E-state index contributed by atoms with van der Waals surface area (Å²) >= 11 is 0. The van der Waals surface area contributed by atoms with Gasteiger partial charge in [-0.2, -0.15) is 0 Å². The Kier molecular flexibility index (Phi) is 3.28. The number of anilines is 1. The Morgan fingerprint density at radius 3 is 2.59 bits per heavy atom. The minimum atomic E-state index is -0.456. The zero-order valence-electron chi connectivity index (χ0n) is 12.9. The van der Waals surface area contributed by atoms with Crippen LogP contribution in [0.3, 0.4) is 0 Å². The van der Waals surface area contributed by atoms with Gasteiger partial charge in [-0.25, -0.2) is 4.98 Å². The molecule has 116 valence electrons. The third kappa shape index (κ3) is 2.34. The lowest BCUT2D eigenvalue weighted by molar-refractivity contribution is -0.134. The van der Waals surface area contributed by atoms with Crippen molar-refractivity contribution in [1.82, 2.24) is 4.98 Å². The third-order valence-electron chi connectivity index (χ3n) is 5.80. The van der Waals surface area contributed by atoms with Gasteiger partial charge in [0.15, 0.2) is 0 Å². The summed E-state index contributed by atoms with van der Waals surface area (Å²) in [5.74, 6) is 1.86. The maximum absolute atomic E-state index is 12.8. The standard InChI is InChI=1S/C18H22N2O2/c1-10-2-3-19-15(4-10)20-18(22)16-13-6-11-5-12(7-13)9-14(8-11)17(16)21/h2-4,11-14,16H,5-9H2,1H3,(H,19,20,22). The third-order valence-corrected chi connectivity index (χ3v) is 5.80. The molecule has 4 aliphatic carbocycles. The lowest BCUT2D eigenvalue weighted by atomic mass is 9.67. The number of nitrogens with zero attached hydrogens (tertiary/aromatic N) is 1. The largest absolute Gasteiger partial charge is 0.310 e. The van der Waals surface area contributed by atoms with Crippen LogP contribution in [-0.2, 0) is 9.59 Å². The van der Waals surface area contributed by atoms with E-state index in [-0.39, 0.29) is 23.5 Å². The van der Waals surface area contributed by atoms with Crippen LogP contribution < -0.4 is 5.32 Å². The molecule has 0 aromatic carbocycles. The second-order valence-corrected chi connectivity index (χ2v) is 7.46. The van der Waals surface area contributed by atoms with Crippen molar-refractivity contribution >= 4 is 17.5 Å². The molecule has 4 aliphatic rings. The molecule has 1 N–H and O–H groups in total. The molecule has 4 heteroatoms. The zero-order chi connectivity index (χ0) is 15.3. The maximum atomic E-state index is 12.8. The van der Waals surface area contributed by atoms with Crippen molar-refractivity contribution in [3.63, 3.8) is 0 Å². The summed E-state index contributed by atoms with van der Waals surface area (Å²) in [6.07, 6.45) is 7.09. The average Bonchev–Trinajstić information content (AvgIpc) is 2.60. The Morgan fingerprint density at radius 2 is 1.91 bits per heavy atom. The van der Waals surface area contributed by atoms with Gasteiger partial charge < -0.3 is 5.32 Å². The fraction of sp³-hybridized carbons (Fsp3) is 0.611. The predicted molar refractivity (Wildman–Crippen MR) is 83.1 cm³/mol. The van der Waals surface area contributed by atoms with E-state index in [0.717, 1.165) is 31.2 Å². The lowest BCUT2D eigenvalue weighted by Gasteiger charge is -2.38. The molecule has 1 heterocycles. The second-order valence-electron chi connectivity index (χ2n) is 7.46. The van der Waals surface area contributed by atoms with Crippen LogP contribution in [-0.4, -0.2) is 16.7 Å². The van der Waals surface area contributed by atoms with Gasteiger partial charge in [0, 0.05) is 12.1 Å². The molecule has 3 unspecified atom stereocenters. The van der Waals surface area contributed by atoms with E-state index >= 15 is 0 Å². The van der Waals surface area contributed by atoms with Gasteiger partial charge in [-0.3, -0.25) is 9.59 Å². The summed E-state index contributed by atoms with van der Waals surface area (Å²) in [4.78, 5) is 29.7. The molecule has 4 fully saturated rings. The molecule has 4 saturated carbocycles. The smallest absolute Gasteiger partial charge is 0.236 e. The zero-order valence-corrected chi connectivity index (χ0v) is 12.9. The highest BCUT2D eigenvalue weighted by Crippen LogP contribution is 2.52. The van der Waals surface area contributed by atoms with Crippen molar-refractivity contribution in [3.8, 4) is 0 Å². The average molecular weight is 298 g/mol. The summed E-state index contributed by atoms with van der Waals surface area (Å²) in [6.45, 7) is 1.97. The van der Waals surface area contributed by atoms with Crippen LogP contribution in [0.15, 0.2) is 18.3 Å². The molecule has 3 atom stereocenters. The van der Waals surface area contributed by atoms with Crippen LogP contribution in [0, 0.1) is 36.5 Å². The van der Waals surface area contributed by atoms with E-state index in [0.29, 0.717) is 17.7 Å². The Hall–Kier alpha value is -1.71. The van der Waals surface area contributed by atoms with Gasteiger partial charge in [0.25, 0.3) is 0 Å². The fourth-order valence-electron chi connectivity index (χ4n) is 5.04. The van der Waals surface area contributed by atoms with Crippen LogP contribution in [0.25, 0.3) is 0 Å². The first kappa shape index (κ1) is 13.9. The van der Waals surface area contributed by atoms with Crippen LogP contribution in [0.4, 0.5) is 5.82 Å². The number of carbonyl (C=O) groups excluding carboxylic acids is 2.